The summed E-state index contributed by atoms with van der Waals surface area (Å²) in [5.74, 6) is -0.173. The second-order valence-corrected chi connectivity index (χ2v) is 6.49. The van der Waals surface area contributed by atoms with Crippen molar-refractivity contribution in [3.8, 4) is 11.5 Å². The number of nitrogens with one attached hydrogen (secondary N) is 1. The average molecular weight is 411 g/mol. The summed E-state index contributed by atoms with van der Waals surface area (Å²) >= 11 is 0. The molecule has 10 heteroatoms. The van der Waals surface area contributed by atoms with Gasteiger partial charge in [0.05, 0.1) is 18.1 Å². The predicted molar refractivity (Wildman–Crippen MR) is 99.1 cm³/mol. The number of piperazine rings is 1. The van der Waals surface area contributed by atoms with Gasteiger partial charge in [-0.05, 0) is 29.3 Å². The van der Waals surface area contributed by atoms with Crippen LogP contribution < -0.4 is 14.8 Å². The van der Waals surface area contributed by atoms with E-state index in [-0.39, 0.29) is 23.2 Å². The third-order valence-electron chi connectivity index (χ3n) is 4.66. The Bertz CT molecular complexity index is 853. The summed E-state index contributed by atoms with van der Waals surface area (Å²) in [6.45, 7) is 2.85. The van der Waals surface area contributed by atoms with Crippen molar-refractivity contribution in [2.24, 2.45) is 0 Å². The lowest BCUT2D eigenvalue weighted by molar-refractivity contribution is -0.385. The van der Waals surface area contributed by atoms with E-state index in [1.807, 2.05) is 0 Å². The van der Waals surface area contributed by atoms with Gasteiger partial charge in [0.1, 0.15) is 5.75 Å². The Morgan fingerprint density at radius 1 is 1.10 bits per heavy atom. The molecule has 1 N–H and O–H groups in total. The Labute approximate surface area is 165 Å². The first-order valence-electron chi connectivity index (χ1n) is 8.91. The van der Waals surface area contributed by atoms with Gasteiger partial charge in [-0.25, -0.2) is 0 Å². The molecule has 0 bridgehead atoms. The molecule has 0 saturated carbocycles. The molecule has 0 aromatic heterocycles. The minimum absolute atomic E-state index is 0.145. The number of ether oxygens (including phenoxy) is 2. The summed E-state index contributed by atoms with van der Waals surface area (Å²) in [6.07, 6.45) is -4.77. The zero-order valence-corrected chi connectivity index (χ0v) is 15.6. The SMILES string of the molecule is COc1ccc([C@@H](c2ccc(OC(F)(F)F)cc2)N2CCNCC2)cc1[N+](=O)[O-]. The van der Waals surface area contributed by atoms with E-state index in [0.29, 0.717) is 24.2 Å². The zero-order valence-electron chi connectivity index (χ0n) is 15.6. The number of nitro benzene ring substituents is 1. The van der Waals surface area contributed by atoms with Gasteiger partial charge in [-0.15, -0.1) is 13.2 Å². The molecule has 1 aliphatic heterocycles. The van der Waals surface area contributed by atoms with Crippen LogP contribution in [0, 0.1) is 10.1 Å². The monoisotopic (exact) mass is 411 g/mol. The van der Waals surface area contributed by atoms with Gasteiger partial charge in [0.15, 0.2) is 5.75 Å². The van der Waals surface area contributed by atoms with Crippen molar-refractivity contribution in [2.75, 3.05) is 33.3 Å². The summed E-state index contributed by atoms with van der Waals surface area (Å²) in [5, 5.41) is 14.7. The first-order chi connectivity index (χ1) is 13.8. The summed E-state index contributed by atoms with van der Waals surface area (Å²) in [7, 11) is 1.36. The van der Waals surface area contributed by atoms with E-state index in [4.69, 9.17) is 4.74 Å². The molecule has 0 aliphatic carbocycles. The van der Waals surface area contributed by atoms with E-state index in [1.165, 1.54) is 31.4 Å². The maximum atomic E-state index is 12.4. The smallest absolute Gasteiger partial charge is 0.490 e. The number of nitro groups is 1. The van der Waals surface area contributed by atoms with Gasteiger partial charge in [0, 0.05) is 32.2 Å². The molecule has 29 heavy (non-hydrogen) atoms. The van der Waals surface area contributed by atoms with Crippen molar-refractivity contribution < 1.29 is 27.6 Å². The number of hydrogen-bond acceptors (Lipinski definition) is 6. The van der Waals surface area contributed by atoms with Crippen LogP contribution in [0.2, 0.25) is 0 Å². The number of benzene rings is 2. The van der Waals surface area contributed by atoms with Crippen LogP contribution in [0.25, 0.3) is 0 Å². The second kappa shape index (κ2) is 8.66. The minimum atomic E-state index is -4.77. The van der Waals surface area contributed by atoms with Crippen molar-refractivity contribution in [3.63, 3.8) is 0 Å². The van der Waals surface area contributed by atoms with Crippen LogP contribution >= 0.6 is 0 Å². The fourth-order valence-corrected chi connectivity index (χ4v) is 3.43. The van der Waals surface area contributed by atoms with Crippen LogP contribution in [-0.4, -0.2) is 49.5 Å². The third-order valence-corrected chi connectivity index (χ3v) is 4.66. The standard InChI is InChI=1S/C19H20F3N3O4/c1-28-17-7-4-14(12-16(17)25(26)27)18(24-10-8-23-9-11-24)13-2-5-15(6-3-13)29-19(20,21)22/h2-7,12,18,23H,8-11H2,1H3/t18-/m1/s1. The Kier molecular flexibility index (Phi) is 6.23. The molecular formula is C19H20F3N3O4. The lowest BCUT2D eigenvalue weighted by Crippen LogP contribution is -2.45. The quantitative estimate of drug-likeness (QED) is 0.579. The van der Waals surface area contributed by atoms with Gasteiger partial charge >= 0.3 is 12.0 Å². The Morgan fingerprint density at radius 3 is 2.28 bits per heavy atom. The van der Waals surface area contributed by atoms with Gasteiger partial charge in [0.25, 0.3) is 0 Å². The molecule has 7 nitrogen and oxygen atoms in total. The molecule has 0 spiro atoms. The highest BCUT2D eigenvalue weighted by Crippen LogP contribution is 2.36. The van der Waals surface area contributed by atoms with E-state index in [2.05, 4.69) is 15.0 Å². The van der Waals surface area contributed by atoms with E-state index >= 15 is 0 Å². The molecule has 156 valence electrons. The highest BCUT2D eigenvalue weighted by Gasteiger charge is 2.31. The molecule has 0 unspecified atom stereocenters. The van der Waals surface area contributed by atoms with Crippen molar-refractivity contribution in [1.29, 1.82) is 0 Å². The van der Waals surface area contributed by atoms with Crippen LogP contribution in [0.3, 0.4) is 0 Å². The number of methoxy groups -OCH3 is 1. The van der Waals surface area contributed by atoms with Crippen LogP contribution in [0.5, 0.6) is 11.5 Å². The number of nitrogens with zero attached hydrogens (tertiary/aromatic N) is 2. The van der Waals surface area contributed by atoms with E-state index < -0.39 is 11.3 Å². The van der Waals surface area contributed by atoms with Crippen LogP contribution in [0.15, 0.2) is 42.5 Å². The van der Waals surface area contributed by atoms with Gasteiger partial charge in [-0.2, -0.15) is 0 Å². The van der Waals surface area contributed by atoms with Crippen molar-refractivity contribution in [3.05, 3.63) is 63.7 Å². The number of alkyl halides is 3. The Morgan fingerprint density at radius 2 is 1.72 bits per heavy atom. The van der Waals surface area contributed by atoms with E-state index in [0.717, 1.165) is 13.1 Å². The van der Waals surface area contributed by atoms with Gasteiger partial charge in [-0.1, -0.05) is 18.2 Å². The Hall–Kier alpha value is -2.85. The molecule has 1 aliphatic rings. The largest absolute Gasteiger partial charge is 0.573 e. The van der Waals surface area contributed by atoms with E-state index in [9.17, 15) is 23.3 Å². The first-order valence-corrected chi connectivity index (χ1v) is 8.91. The fraction of sp³-hybridized carbons (Fsp3) is 0.368. The maximum absolute atomic E-state index is 12.4. The topological polar surface area (TPSA) is 76.9 Å². The molecule has 1 atom stereocenters. The van der Waals surface area contributed by atoms with Gasteiger partial charge in [-0.3, -0.25) is 15.0 Å². The van der Waals surface area contributed by atoms with Crippen LogP contribution in [0.1, 0.15) is 17.2 Å². The maximum Gasteiger partial charge on any atom is 0.573 e. The predicted octanol–water partition coefficient (Wildman–Crippen LogP) is 3.50. The lowest BCUT2D eigenvalue weighted by Gasteiger charge is -2.35. The van der Waals surface area contributed by atoms with Crippen molar-refractivity contribution in [1.82, 2.24) is 10.2 Å². The fourth-order valence-electron chi connectivity index (χ4n) is 3.43. The van der Waals surface area contributed by atoms with Crippen LogP contribution in [-0.2, 0) is 0 Å². The molecule has 1 heterocycles. The highest BCUT2D eigenvalue weighted by molar-refractivity contribution is 5.51. The number of rotatable bonds is 6. The molecule has 2 aromatic carbocycles. The average Bonchev–Trinajstić information content (AvgIpc) is 2.69. The second-order valence-electron chi connectivity index (χ2n) is 6.49. The van der Waals surface area contributed by atoms with E-state index in [1.54, 1.807) is 18.2 Å². The van der Waals surface area contributed by atoms with Gasteiger partial charge in [0.2, 0.25) is 0 Å². The molecule has 0 amide bonds. The first kappa shape index (κ1) is 20.9. The molecular weight excluding hydrogens is 391 g/mol. The lowest BCUT2D eigenvalue weighted by atomic mass is 9.95. The molecule has 2 aromatic rings. The summed E-state index contributed by atoms with van der Waals surface area (Å²) in [6, 6.07) is 9.94. The summed E-state index contributed by atoms with van der Waals surface area (Å²) < 4.78 is 46.3. The third kappa shape index (κ3) is 5.15. The normalized spacial score (nSPS) is 16.3. The van der Waals surface area contributed by atoms with Crippen LogP contribution in [0.4, 0.5) is 18.9 Å². The number of halogens is 3. The highest BCUT2D eigenvalue weighted by atomic mass is 19.4. The van der Waals surface area contributed by atoms with Gasteiger partial charge < -0.3 is 14.8 Å². The molecule has 1 fully saturated rings. The molecule has 0 radical (unpaired) electrons. The zero-order chi connectivity index (χ0) is 21.0. The van der Waals surface area contributed by atoms with Crippen molar-refractivity contribution >= 4 is 5.69 Å². The molecule has 1 saturated heterocycles. The Balaban J connectivity index is 1.99. The summed E-state index contributed by atoms with van der Waals surface area (Å²) in [5.41, 5.74) is 1.20. The van der Waals surface area contributed by atoms with Crippen molar-refractivity contribution in [2.45, 2.75) is 12.4 Å². The minimum Gasteiger partial charge on any atom is -0.490 e. The number of hydrogen-bond donors (Lipinski definition) is 1. The summed E-state index contributed by atoms with van der Waals surface area (Å²) in [4.78, 5) is 13.0. The molecule has 3 rings (SSSR count).